The third kappa shape index (κ3) is 8.22. The average molecular weight is 1120 g/mol. The fourth-order valence-electron chi connectivity index (χ4n) is 11.0. The normalized spacial score (nSPS) is 15.3. The molecular weight excluding hydrogens is 1080 g/mol. The van der Waals surface area contributed by atoms with E-state index in [0.717, 1.165) is 11.3 Å². The molecule has 0 radical (unpaired) electrons. The lowest BCUT2D eigenvalue weighted by Gasteiger charge is -2.30. The fourth-order valence-corrected chi connectivity index (χ4v) is 15.4. The zero-order chi connectivity index (χ0) is 55.6. The van der Waals surface area contributed by atoms with Crippen LogP contribution in [0.2, 0.25) is 0 Å². The van der Waals surface area contributed by atoms with E-state index in [9.17, 15) is 19.2 Å². The van der Waals surface area contributed by atoms with Gasteiger partial charge in [0.2, 0.25) is 10.8 Å². The zero-order valence-electron chi connectivity index (χ0n) is 42.4. The number of fused-ring (bicyclic) bond motifs is 8. The Morgan fingerprint density at radius 2 is 0.778 bits per heavy atom. The summed E-state index contributed by atoms with van der Waals surface area (Å²) in [6.07, 6.45) is 4.06. The number of carbonyl (C=O) groups excluding carboxylic acids is 8. The van der Waals surface area contributed by atoms with Crippen molar-refractivity contribution in [1.29, 1.82) is 0 Å². The summed E-state index contributed by atoms with van der Waals surface area (Å²) in [6.45, 7) is -1.35. The van der Waals surface area contributed by atoms with E-state index < -0.39 is 57.8 Å². The van der Waals surface area contributed by atoms with Gasteiger partial charge in [-0.25, -0.2) is 0 Å². The van der Waals surface area contributed by atoms with Crippen molar-refractivity contribution < 1.29 is 57.3 Å². The van der Waals surface area contributed by atoms with Crippen molar-refractivity contribution in [2.45, 2.75) is 31.8 Å². The summed E-state index contributed by atoms with van der Waals surface area (Å²) in [4.78, 5) is 121. The maximum Gasteiger partial charge on any atom is 0.333 e. The van der Waals surface area contributed by atoms with Crippen molar-refractivity contribution in [3.8, 4) is 0 Å². The minimum absolute atomic E-state index is 0.0000245. The maximum absolute atomic E-state index is 16.1. The van der Waals surface area contributed by atoms with Crippen molar-refractivity contribution in [2.75, 3.05) is 0 Å². The first kappa shape index (κ1) is 50.9. The van der Waals surface area contributed by atoms with Gasteiger partial charge in [-0.1, -0.05) is 176 Å². The molecule has 394 valence electrons. The lowest BCUT2D eigenvalue weighted by Crippen LogP contribution is -2.46. The molecule has 0 fully saturated rings. The van der Waals surface area contributed by atoms with Gasteiger partial charge >= 0.3 is 23.9 Å². The number of Topliss-reactive ketones (excluding diaryl/α,β-unsaturated/α-hetero) is 4. The van der Waals surface area contributed by atoms with Crippen LogP contribution in [0.25, 0.3) is 30.4 Å². The van der Waals surface area contributed by atoms with Crippen molar-refractivity contribution in [3.63, 3.8) is 0 Å². The molecule has 0 saturated heterocycles. The molecule has 81 heavy (non-hydrogen) atoms. The number of allylic oxidation sites excluding steroid dienone is 4. The number of hydrogen-bond donors (Lipinski definition) is 0. The van der Waals surface area contributed by atoms with Gasteiger partial charge in [-0.15, -0.1) is 34.0 Å². The Balaban J connectivity index is 1.07. The number of rotatable bonds is 14. The number of benzene rings is 6. The van der Waals surface area contributed by atoms with Crippen LogP contribution in [0, 0.1) is 5.41 Å². The van der Waals surface area contributed by atoms with Crippen molar-refractivity contribution in [1.82, 2.24) is 0 Å². The number of hydrogen-bond acceptors (Lipinski definition) is 15. The van der Waals surface area contributed by atoms with Crippen molar-refractivity contribution >= 4 is 111 Å². The van der Waals surface area contributed by atoms with Crippen LogP contribution < -0.4 is 0 Å². The van der Waals surface area contributed by atoms with Gasteiger partial charge in [0.05, 0.1) is 25.2 Å². The lowest BCUT2D eigenvalue weighted by molar-refractivity contribution is -0.167. The smallest absolute Gasteiger partial charge is 0.333 e. The van der Waals surface area contributed by atoms with E-state index in [1.54, 1.807) is 164 Å². The van der Waals surface area contributed by atoms with Crippen LogP contribution in [0.5, 0.6) is 0 Å². The van der Waals surface area contributed by atoms with E-state index in [4.69, 9.17) is 18.9 Å². The monoisotopic (exact) mass is 1120 g/mol. The first-order valence-corrected chi connectivity index (χ1v) is 28.0. The molecule has 0 saturated carbocycles. The van der Waals surface area contributed by atoms with Crippen LogP contribution in [-0.4, -0.2) is 47.0 Å². The van der Waals surface area contributed by atoms with Gasteiger partial charge in [-0.3, -0.25) is 38.4 Å². The first-order chi connectivity index (χ1) is 39.5. The Bertz CT molecular complexity index is 4140. The van der Waals surface area contributed by atoms with E-state index in [2.05, 4.69) is 0 Å². The van der Waals surface area contributed by atoms with E-state index in [1.807, 2.05) is 6.07 Å². The minimum Gasteiger partial charge on any atom is -0.459 e. The first-order valence-electron chi connectivity index (χ1n) is 25.6. The molecule has 15 heteroatoms. The Labute approximate surface area is 473 Å². The molecule has 12 nitrogen and oxygen atoms in total. The largest absolute Gasteiger partial charge is 0.459 e. The van der Waals surface area contributed by atoms with Crippen LogP contribution in [0.1, 0.15) is 79.0 Å². The van der Waals surface area contributed by atoms with Crippen LogP contribution in [0.3, 0.4) is 0 Å². The van der Waals surface area contributed by atoms with Crippen LogP contribution in [-0.2, 0) is 70.0 Å². The second-order valence-electron chi connectivity index (χ2n) is 19.6. The Hall–Kier alpha value is -9.54. The highest BCUT2D eigenvalue weighted by molar-refractivity contribution is 7.39. The molecule has 6 aromatic carbocycles. The highest BCUT2D eigenvalue weighted by Gasteiger charge is 2.70. The molecule has 0 bridgehead atoms. The van der Waals surface area contributed by atoms with Crippen LogP contribution in [0.15, 0.2) is 210 Å². The maximum atomic E-state index is 16.1. The van der Waals surface area contributed by atoms with Gasteiger partial charge in [0, 0.05) is 47.8 Å². The Morgan fingerprint density at radius 3 is 1.19 bits per heavy atom. The molecule has 4 aliphatic carbocycles. The number of ether oxygens (including phenoxy) is 4. The summed E-state index contributed by atoms with van der Waals surface area (Å²) in [5.41, 5.74) is -3.24. The third-order valence-corrected chi connectivity index (χ3v) is 18.7. The second kappa shape index (κ2) is 20.3. The van der Waals surface area contributed by atoms with Gasteiger partial charge < -0.3 is 18.9 Å². The number of carbonyl (C=O) groups is 8. The third-order valence-electron chi connectivity index (χ3n) is 14.9. The summed E-state index contributed by atoms with van der Waals surface area (Å²) in [7, 11) is 0. The molecule has 0 unspecified atom stereocenters. The molecule has 3 heterocycles. The van der Waals surface area contributed by atoms with Gasteiger partial charge in [0.1, 0.15) is 26.4 Å². The molecule has 3 aromatic heterocycles. The van der Waals surface area contributed by atoms with Crippen LogP contribution in [0.4, 0.5) is 0 Å². The standard InChI is InChI=1S/C66H40O12S3/c67-53-43-25-13-14-26-44(43)54(68)47(53)29-41-30-49-51(65(41,61(71)75-33-37-17-5-1-6-18-37)62(72)76-34-38-19-7-2-8-20-38)58-52(66(49,63(73)77-35-39-21-9-3-10-22-39)64(74)78-36-40-23-11-4-12-24-40)59-60(81-58)57-50(80-59)32-42(79-57)31-48-55(69)45-27-15-16-28-46(45)56(48)70/h1-32H,33-36H2. The van der Waals surface area contributed by atoms with Crippen LogP contribution >= 0.6 is 34.0 Å². The average Bonchev–Trinajstić information content (AvgIpc) is 2.89. The summed E-state index contributed by atoms with van der Waals surface area (Å²) in [6, 6.07) is 49.8. The minimum atomic E-state index is -2.76. The second-order valence-corrected chi connectivity index (χ2v) is 22.7. The zero-order valence-corrected chi connectivity index (χ0v) is 44.9. The van der Waals surface area contributed by atoms with E-state index >= 15 is 19.2 Å². The van der Waals surface area contributed by atoms with Gasteiger partial charge in [-0.05, 0) is 51.6 Å². The molecule has 0 amide bonds. The fraction of sp³-hybridized carbons (Fsp3) is 0.0909. The molecule has 0 N–H and O–H groups in total. The number of thiophene rings is 3. The van der Waals surface area contributed by atoms with Crippen molar-refractivity contribution in [3.05, 3.63) is 270 Å². The lowest BCUT2D eigenvalue weighted by atomic mass is 9.75. The molecule has 9 aromatic rings. The molecule has 0 atom stereocenters. The molecular formula is C66H40O12S3. The quantitative estimate of drug-likeness (QED) is 0.0332. The van der Waals surface area contributed by atoms with E-state index in [1.165, 1.54) is 47.0 Å². The number of ketones is 4. The predicted molar refractivity (Wildman–Crippen MR) is 305 cm³/mol. The van der Waals surface area contributed by atoms with E-state index in [0.29, 0.717) is 57.1 Å². The molecule has 0 spiro atoms. The van der Waals surface area contributed by atoms with Crippen molar-refractivity contribution in [2.24, 2.45) is 5.41 Å². The van der Waals surface area contributed by atoms with Gasteiger partial charge in [-0.2, -0.15) is 0 Å². The molecule has 0 aliphatic heterocycles. The summed E-state index contributed by atoms with van der Waals surface area (Å²) < 4.78 is 27.4. The van der Waals surface area contributed by atoms with Gasteiger partial charge in [0.15, 0.2) is 23.1 Å². The van der Waals surface area contributed by atoms with Gasteiger partial charge in [0.25, 0.3) is 0 Å². The highest BCUT2D eigenvalue weighted by atomic mass is 32.1. The Morgan fingerprint density at radius 1 is 0.407 bits per heavy atom. The molecule has 4 aliphatic rings. The topological polar surface area (TPSA) is 173 Å². The van der Waals surface area contributed by atoms with E-state index in [-0.39, 0.29) is 75.9 Å². The summed E-state index contributed by atoms with van der Waals surface area (Å²) in [5.74, 6) is -6.77. The highest BCUT2D eigenvalue weighted by Crippen LogP contribution is 2.67. The molecule has 13 rings (SSSR count). The summed E-state index contributed by atoms with van der Waals surface area (Å²) >= 11 is 3.60. The Kier molecular flexibility index (Phi) is 12.8. The number of esters is 4. The SMILES string of the molecule is O=C1C(=CC2=CC3=C(c4sc5c(sc6cc(C=C7C(=O)c8ccccc8C7=O)sc65)c4C3(C(=O)OCc3ccccc3)C(=O)OCc3ccccc3)C2(C(=O)OCc2ccccc2)C(=O)OCc2ccccc2)C(=O)c2ccccc21. The summed E-state index contributed by atoms with van der Waals surface area (Å²) in [5, 5.41) is 0. The predicted octanol–water partition coefficient (Wildman–Crippen LogP) is 12.6.